The topological polar surface area (TPSA) is 25.2 Å². The van der Waals surface area contributed by atoms with Crippen molar-refractivity contribution in [2.75, 3.05) is 5.32 Å². The normalized spacial score (nSPS) is 10.4. The maximum Gasteiger partial charge on any atom is 0.169 e. The third-order valence-corrected chi connectivity index (χ3v) is 3.37. The van der Waals surface area contributed by atoms with Gasteiger partial charge in [-0.3, -0.25) is 0 Å². The maximum atomic E-state index is 5.42. The molecule has 0 aliphatic heterocycles. The van der Waals surface area contributed by atoms with Gasteiger partial charge in [-0.1, -0.05) is 0 Å². The zero-order chi connectivity index (χ0) is 11.5. The van der Waals surface area contributed by atoms with Crippen LogP contribution in [-0.4, -0.2) is 0 Å². The molecule has 0 radical (unpaired) electrons. The summed E-state index contributed by atoms with van der Waals surface area (Å²) in [5.74, 6) is 0.921. The van der Waals surface area contributed by atoms with E-state index < -0.39 is 0 Å². The van der Waals surface area contributed by atoms with Crippen LogP contribution in [0, 0.1) is 10.5 Å². The summed E-state index contributed by atoms with van der Waals surface area (Å²) in [5.41, 5.74) is 2.39. The summed E-state index contributed by atoms with van der Waals surface area (Å²) in [6, 6.07) is 10.2. The first kappa shape index (κ1) is 12.0. The summed E-state index contributed by atoms with van der Waals surface area (Å²) in [4.78, 5) is 0. The van der Waals surface area contributed by atoms with Gasteiger partial charge in [0.05, 0.1) is 6.54 Å². The molecular weight excluding hydrogens is 381 g/mol. The Hall–Kier alpha value is -0.490. The second-order valence-corrected chi connectivity index (χ2v) is 5.55. The first-order valence-electron chi connectivity index (χ1n) is 4.89. The Morgan fingerprint density at radius 1 is 1.31 bits per heavy atom. The van der Waals surface area contributed by atoms with Gasteiger partial charge < -0.3 is 9.73 Å². The van der Waals surface area contributed by atoms with Gasteiger partial charge in [-0.2, -0.15) is 0 Å². The van der Waals surface area contributed by atoms with E-state index in [1.54, 1.807) is 0 Å². The first-order valence-corrected chi connectivity index (χ1v) is 6.76. The van der Waals surface area contributed by atoms with Crippen molar-refractivity contribution in [1.82, 2.24) is 0 Å². The van der Waals surface area contributed by atoms with Crippen LogP contribution in [0.3, 0.4) is 0 Å². The average Bonchev–Trinajstić information content (AvgIpc) is 2.63. The fourth-order valence-corrected chi connectivity index (χ4v) is 2.44. The predicted octanol–water partition coefficient (Wildman–Crippen LogP) is 4.57. The van der Waals surface area contributed by atoms with Crippen molar-refractivity contribution >= 4 is 44.2 Å². The number of anilines is 1. The van der Waals surface area contributed by atoms with Crippen LogP contribution in [0.25, 0.3) is 0 Å². The van der Waals surface area contributed by atoms with Crippen LogP contribution in [0.15, 0.2) is 39.4 Å². The van der Waals surface area contributed by atoms with Crippen LogP contribution in [0.1, 0.15) is 11.3 Å². The summed E-state index contributed by atoms with van der Waals surface area (Å²) < 4.78 is 7.44. The molecule has 0 aliphatic carbocycles. The lowest BCUT2D eigenvalue weighted by molar-refractivity contribution is 0.495. The Balaban J connectivity index is 2.04. The monoisotopic (exact) mass is 391 g/mol. The molecule has 0 spiro atoms. The van der Waals surface area contributed by atoms with Crippen molar-refractivity contribution in [3.8, 4) is 0 Å². The van der Waals surface area contributed by atoms with Crippen molar-refractivity contribution in [3.63, 3.8) is 0 Å². The molecule has 1 aromatic heterocycles. The second kappa shape index (κ2) is 5.23. The minimum atomic E-state index is 0.701. The van der Waals surface area contributed by atoms with Crippen LogP contribution in [0.5, 0.6) is 0 Å². The molecular formula is C12H11BrINO. The van der Waals surface area contributed by atoms with Crippen molar-refractivity contribution in [1.29, 1.82) is 0 Å². The van der Waals surface area contributed by atoms with Gasteiger partial charge in [-0.25, -0.2) is 0 Å². The van der Waals surface area contributed by atoms with E-state index in [1.165, 1.54) is 9.13 Å². The standard InChI is InChI=1S/C12H11BrINO/c1-8-6-9(14)2-4-11(8)15-7-10-3-5-12(13)16-10/h2-6,15H,7H2,1H3. The molecule has 2 rings (SSSR count). The average molecular weight is 392 g/mol. The van der Waals surface area contributed by atoms with E-state index in [4.69, 9.17) is 4.42 Å². The second-order valence-electron chi connectivity index (χ2n) is 3.52. The lowest BCUT2D eigenvalue weighted by atomic mass is 10.2. The Kier molecular flexibility index (Phi) is 3.91. The molecule has 84 valence electrons. The number of hydrogen-bond acceptors (Lipinski definition) is 2. The highest BCUT2D eigenvalue weighted by atomic mass is 127. The van der Waals surface area contributed by atoms with Crippen LogP contribution in [-0.2, 0) is 6.54 Å². The fraction of sp³-hybridized carbons (Fsp3) is 0.167. The molecule has 0 unspecified atom stereocenters. The first-order chi connectivity index (χ1) is 7.65. The number of aryl methyl sites for hydroxylation is 1. The molecule has 2 nitrogen and oxygen atoms in total. The Morgan fingerprint density at radius 3 is 2.75 bits per heavy atom. The molecule has 0 bridgehead atoms. The van der Waals surface area contributed by atoms with Gasteiger partial charge in [0.2, 0.25) is 0 Å². The number of benzene rings is 1. The maximum absolute atomic E-state index is 5.42. The van der Waals surface area contributed by atoms with Crippen molar-refractivity contribution in [2.24, 2.45) is 0 Å². The van der Waals surface area contributed by atoms with Gasteiger partial charge in [0.15, 0.2) is 4.67 Å². The van der Waals surface area contributed by atoms with Gasteiger partial charge >= 0.3 is 0 Å². The highest BCUT2D eigenvalue weighted by molar-refractivity contribution is 14.1. The third-order valence-electron chi connectivity index (χ3n) is 2.27. The van der Waals surface area contributed by atoms with Crippen LogP contribution in [0.4, 0.5) is 5.69 Å². The molecule has 1 N–H and O–H groups in total. The smallest absolute Gasteiger partial charge is 0.169 e. The van der Waals surface area contributed by atoms with Gasteiger partial charge in [-0.05, 0) is 81.3 Å². The molecule has 0 fully saturated rings. The number of rotatable bonds is 3. The molecule has 0 saturated heterocycles. The SMILES string of the molecule is Cc1cc(I)ccc1NCc1ccc(Br)o1. The number of nitrogens with one attached hydrogen (secondary N) is 1. The number of furan rings is 1. The van der Waals surface area contributed by atoms with E-state index in [0.717, 1.165) is 16.1 Å². The van der Waals surface area contributed by atoms with Gasteiger partial charge in [0, 0.05) is 9.26 Å². The number of hydrogen-bond donors (Lipinski definition) is 1. The van der Waals surface area contributed by atoms with Crippen LogP contribution in [0.2, 0.25) is 0 Å². The molecule has 4 heteroatoms. The Labute approximate surface area is 117 Å². The summed E-state index contributed by atoms with van der Waals surface area (Å²) in [7, 11) is 0. The molecule has 1 aromatic carbocycles. The number of halogens is 2. The van der Waals surface area contributed by atoms with E-state index in [0.29, 0.717) is 6.54 Å². The lowest BCUT2D eigenvalue weighted by Crippen LogP contribution is -1.99. The Morgan fingerprint density at radius 2 is 2.12 bits per heavy atom. The summed E-state index contributed by atoms with van der Waals surface area (Å²) in [6.45, 7) is 2.80. The molecule has 16 heavy (non-hydrogen) atoms. The summed E-state index contributed by atoms with van der Waals surface area (Å²) in [6.07, 6.45) is 0. The molecule has 0 aliphatic rings. The van der Waals surface area contributed by atoms with E-state index in [-0.39, 0.29) is 0 Å². The van der Waals surface area contributed by atoms with E-state index in [1.807, 2.05) is 12.1 Å². The summed E-state index contributed by atoms with van der Waals surface area (Å²) >= 11 is 5.60. The fourth-order valence-electron chi connectivity index (χ4n) is 1.45. The highest BCUT2D eigenvalue weighted by Crippen LogP contribution is 2.20. The van der Waals surface area contributed by atoms with E-state index in [2.05, 4.69) is 69.0 Å². The van der Waals surface area contributed by atoms with Crippen molar-refractivity contribution in [3.05, 3.63) is 49.9 Å². The van der Waals surface area contributed by atoms with Crippen LogP contribution >= 0.6 is 38.5 Å². The van der Waals surface area contributed by atoms with Crippen molar-refractivity contribution < 1.29 is 4.42 Å². The zero-order valence-corrected chi connectivity index (χ0v) is 12.5. The molecule has 0 amide bonds. The predicted molar refractivity (Wildman–Crippen MR) is 77.6 cm³/mol. The highest BCUT2D eigenvalue weighted by Gasteiger charge is 2.01. The minimum Gasteiger partial charge on any atom is -0.452 e. The molecule has 0 saturated carbocycles. The lowest BCUT2D eigenvalue weighted by Gasteiger charge is -2.08. The minimum absolute atomic E-state index is 0.701. The molecule has 1 heterocycles. The van der Waals surface area contributed by atoms with E-state index >= 15 is 0 Å². The third kappa shape index (κ3) is 3.01. The van der Waals surface area contributed by atoms with Gasteiger partial charge in [0.1, 0.15) is 5.76 Å². The summed E-state index contributed by atoms with van der Waals surface area (Å²) in [5, 5.41) is 3.35. The zero-order valence-electron chi connectivity index (χ0n) is 8.76. The Bertz CT molecular complexity index is 496. The van der Waals surface area contributed by atoms with Crippen molar-refractivity contribution in [2.45, 2.75) is 13.5 Å². The van der Waals surface area contributed by atoms with Gasteiger partial charge in [0.25, 0.3) is 0 Å². The largest absolute Gasteiger partial charge is 0.452 e. The van der Waals surface area contributed by atoms with E-state index in [9.17, 15) is 0 Å². The van der Waals surface area contributed by atoms with Gasteiger partial charge in [-0.15, -0.1) is 0 Å². The molecule has 0 atom stereocenters. The molecule has 2 aromatic rings. The quantitative estimate of drug-likeness (QED) is 0.775. The van der Waals surface area contributed by atoms with Crippen LogP contribution < -0.4 is 5.32 Å².